The van der Waals surface area contributed by atoms with E-state index in [1.165, 1.54) is 36.0 Å². The van der Waals surface area contributed by atoms with Crippen LogP contribution in [0.2, 0.25) is 0 Å². The molecule has 1 atom stereocenters. The number of anilines is 1. The third kappa shape index (κ3) is 6.93. The Balaban J connectivity index is 0.000000186. The summed E-state index contributed by atoms with van der Waals surface area (Å²) in [6, 6.07) is 4.84. The van der Waals surface area contributed by atoms with Gasteiger partial charge in [-0.25, -0.2) is 9.78 Å². The molecule has 8 heteroatoms. The number of rotatable bonds is 6. The Morgan fingerprint density at radius 2 is 2.09 bits per heavy atom. The quantitative estimate of drug-likeness (QED) is 0.487. The van der Waals surface area contributed by atoms with Crippen LogP contribution in [0.15, 0.2) is 18.3 Å². The van der Waals surface area contributed by atoms with Gasteiger partial charge in [-0.05, 0) is 72.0 Å². The molecule has 2 saturated heterocycles. The van der Waals surface area contributed by atoms with Crippen LogP contribution in [0, 0.1) is 5.92 Å². The number of aromatic amines is 1. The van der Waals surface area contributed by atoms with E-state index < -0.39 is 5.60 Å². The molecule has 4 rings (SSSR count). The number of carbonyl (C=O) groups is 2. The fourth-order valence-electron chi connectivity index (χ4n) is 4.39. The lowest BCUT2D eigenvalue weighted by molar-refractivity contribution is -0.108. The molecule has 2 aromatic heterocycles. The highest BCUT2D eigenvalue weighted by molar-refractivity contribution is 5.82. The minimum atomic E-state index is -0.417. The minimum absolute atomic E-state index is 0.223. The van der Waals surface area contributed by atoms with Crippen LogP contribution < -0.4 is 5.32 Å². The van der Waals surface area contributed by atoms with Crippen LogP contribution in [0.5, 0.6) is 0 Å². The fourth-order valence-corrected chi connectivity index (χ4v) is 4.39. The highest BCUT2D eigenvalue weighted by atomic mass is 16.6. The van der Waals surface area contributed by atoms with Crippen LogP contribution in [0.3, 0.4) is 0 Å². The number of ether oxygens (including phenoxy) is 1. The van der Waals surface area contributed by atoms with Crippen molar-refractivity contribution in [3.63, 3.8) is 0 Å². The van der Waals surface area contributed by atoms with E-state index >= 15 is 0 Å². The van der Waals surface area contributed by atoms with Crippen molar-refractivity contribution in [2.24, 2.45) is 5.92 Å². The van der Waals surface area contributed by atoms with Gasteiger partial charge in [0.15, 0.2) is 0 Å². The highest BCUT2D eigenvalue weighted by Crippen LogP contribution is 2.32. The normalized spacial score (nSPS) is 19.1. The summed E-state index contributed by atoms with van der Waals surface area (Å²) in [6.45, 7) is 8.34. The number of hydrogen-bond acceptors (Lipinski definition) is 6. The van der Waals surface area contributed by atoms with Crippen molar-refractivity contribution in [3.05, 3.63) is 24.0 Å². The number of unbranched alkanes of at least 4 members (excludes halogenated alkanes) is 1. The van der Waals surface area contributed by atoms with Gasteiger partial charge < -0.3 is 24.7 Å². The second-order valence-corrected chi connectivity index (χ2v) is 10.1. The van der Waals surface area contributed by atoms with Crippen molar-refractivity contribution in [1.29, 1.82) is 0 Å². The Labute approximate surface area is 197 Å². The number of likely N-dealkylation sites (tertiary alicyclic amines) is 2. The van der Waals surface area contributed by atoms with Crippen molar-refractivity contribution < 1.29 is 14.3 Å². The molecule has 182 valence electrons. The molecule has 1 amide bonds. The Hall–Kier alpha value is -2.61. The molecule has 8 nitrogen and oxygen atoms in total. The maximum atomic E-state index is 11.6. The number of H-pyrrole nitrogens is 1. The second-order valence-electron chi connectivity index (χ2n) is 10.1. The molecule has 2 N–H and O–H groups in total. The Morgan fingerprint density at radius 3 is 2.70 bits per heavy atom. The van der Waals surface area contributed by atoms with Crippen LogP contribution in [-0.2, 0) is 9.53 Å². The van der Waals surface area contributed by atoms with E-state index in [-0.39, 0.29) is 6.09 Å². The lowest BCUT2D eigenvalue weighted by atomic mass is 9.94. The number of nitrogens with zero attached hydrogens (tertiary/aromatic N) is 3. The van der Waals surface area contributed by atoms with Gasteiger partial charge in [0.2, 0.25) is 0 Å². The van der Waals surface area contributed by atoms with Crippen LogP contribution >= 0.6 is 0 Å². The molecule has 0 aromatic carbocycles. The highest BCUT2D eigenvalue weighted by Gasteiger charge is 2.33. The van der Waals surface area contributed by atoms with Gasteiger partial charge in [0.05, 0.1) is 5.52 Å². The molecular formula is C25H39N5O3. The van der Waals surface area contributed by atoms with Gasteiger partial charge in [-0.15, -0.1) is 0 Å². The van der Waals surface area contributed by atoms with Gasteiger partial charge in [0.25, 0.3) is 0 Å². The lowest BCUT2D eigenvalue weighted by Crippen LogP contribution is -2.51. The second kappa shape index (κ2) is 11.0. The van der Waals surface area contributed by atoms with Gasteiger partial charge in [0.1, 0.15) is 17.7 Å². The molecule has 2 aromatic rings. The zero-order valence-electron chi connectivity index (χ0n) is 20.7. The molecule has 0 bridgehead atoms. The molecular weight excluding hydrogens is 418 g/mol. The summed E-state index contributed by atoms with van der Waals surface area (Å²) >= 11 is 0. The molecule has 33 heavy (non-hydrogen) atoms. The first-order valence-corrected chi connectivity index (χ1v) is 12.0. The SMILES string of the molecule is CC(C)(C)OC(=O)N1CC(CCCC=O)C1.CNc1cc2[nH]c(C3CCCN3C)cc2cn1. The third-order valence-corrected chi connectivity index (χ3v) is 6.20. The van der Waals surface area contributed by atoms with Crippen molar-refractivity contribution >= 4 is 29.1 Å². The van der Waals surface area contributed by atoms with Crippen LogP contribution in [0.4, 0.5) is 10.6 Å². The van der Waals surface area contributed by atoms with E-state index in [9.17, 15) is 9.59 Å². The van der Waals surface area contributed by atoms with Gasteiger partial charge in [-0.3, -0.25) is 4.90 Å². The topological polar surface area (TPSA) is 90.6 Å². The Bertz CT molecular complexity index is 930. The first-order chi connectivity index (χ1) is 15.7. The predicted octanol–water partition coefficient (Wildman–Crippen LogP) is 4.59. The van der Waals surface area contributed by atoms with E-state index in [0.29, 0.717) is 18.4 Å². The number of aromatic nitrogens is 2. The number of hydrogen-bond donors (Lipinski definition) is 2. The molecule has 2 fully saturated rings. The maximum absolute atomic E-state index is 11.6. The number of carbonyl (C=O) groups excluding carboxylic acids is 2. The summed E-state index contributed by atoms with van der Waals surface area (Å²) in [6.07, 6.45) is 7.77. The number of fused-ring (bicyclic) bond motifs is 1. The standard InChI is InChI=1S/C13H18N4.C12H21NO3/c1-14-13-7-10-9(8-15-13)6-11(16-10)12-4-3-5-17(12)2;1-12(2,3)16-11(15)13-8-10(9-13)6-4-5-7-14/h6-8,12,16H,3-5H2,1-2H3,(H,14,15);7,10H,4-6,8-9H2,1-3H3. The van der Waals surface area contributed by atoms with Gasteiger partial charge >= 0.3 is 6.09 Å². The summed E-state index contributed by atoms with van der Waals surface area (Å²) in [5.74, 6) is 1.46. The van der Waals surface area contributed by atoms with Crippen LogP contribution in [-0.4, -0.2) is 71.5 Å². The van der Waals surface area contributed by atoms with Crippen LogP contribution in [0.1, 0.15) is 64.6 Å². The zero-order valence-corrected chi connectivity index (χ0v) is 20.7. The molecule has 1 unspecified atom stereocenters. The molecule has 2 aliphatic heterocycles. The Morgan fingerprint density at radius 1 is 1.33 bits per heavy atom. The molecule has 4 heterocycles. The average molecular weight is 458 g/mol. The van der Waals surface area contributed by atoms with E-state index in [1.54, 1.807) is 4.90 Å². The van der Waals surface area contributed by atoms with E-state index in [4.69, 9.17) is 4.74 Å². The zero-order chi connectivity index (χ0) is 24.0. The molecule has 2 aliphatic rings. The van der Waals surface area contributed by atoms with E-state index in [2.05, 4.69) is 39.4 Å². The minimum Gasteiger partial charge on any atom is -0.444 e. The smallest absolute Gasteiger partial charge is 0.410 e. The van der Waals surface area contributed by atoms with Crippen LogP contribution in [0.25, 0.3) is 10.9 Å². The largest absolute Gasteiger partial charge is 0.444 e. The number of aldehydes is 1. The van der Waals surface area contributed by atoms with Gasteiger partial charge in [0, 0.05) is 55.9 Å². The van der Waals surface area contributed by atoms with Crippen molar-refractivity contribution in [1.82, 2.24) is 19.8 Å². The molecule has 0 aliphatic carbocycles. The number of pyridine rings is 1. The Kier molecular flexibility index (Phi) is 8.35. The monoisotopic (exact) mass is 457 g/mol. The molecule has 0 radical (unpaired) electrons. The summed E-state index contributed by atoms with van der Waals surface area (Å²) in [5.41, 5.74) is 2.06. The maximum Gasteiger partial charge on any atom is 0.410 e. The van der Waals surface area contributed by atoms with Gasteiger partial charge in [-0.2, -0.15) is 0 Å². The number of amides is 1. The first-order valence-electron chi connectivity index (χ1n) is 12.0. The van der Waals surface area contributed by atoms with Crippen molar-refractivity contribution in [2.75, 3.05) is 39.0 Å². The summed E-state index contributed by atoms with van der Waals surface area (Å²) < 4.78 is 5.25. The fraction of sp³-hybridized carbons (Fsp3) is 0.640. The predicted molar refractivity (Wildman–Crippen MR) is 131 cm³/mol. The molecule has 0 spiro atoms. The summed E-state index contributed by atoms with van der Waals surface area (Å²) in [5, 5.41) is 4.26. The summed E-state index contributed by atoms with van der Waals surface area (Å²) in [7, 11) is 4.09. The van der Waals surface area contributed by atoms with E-state index in [1.807, 2.05) is 34.0 Å². The van der Waals surface area contributed by atoms with Crippen molar-refractivity contribution in [3.8, 4) is 0 Å². The van der Waals surface area contributed by atoms with Gasteiger partial charge in [-0.1, -0.05) is 0 Å². The number of nitrogens with one attached hydrogen (secondary N) is 2. The summed E-state index contributed by atoms with van der Waals surface area (Å²) in [4.78, 5) is 33.7. The first kappa shape index (κ1) is 25.0. The van der Waals surface area contributed by atoms with E-state index in [0.717, 1.165) is 38.0 Å². The average Bonchev–Trinajstić information content (AvgIpc) is 3.33. The lowest BCUT2D eigenvalue weighted by Gasteiger charge is -2.39. The third-order valence-electron chi connectivity index (χ3n) is 6.20. The van der Waals surface area contributed by atoms with Crippen molar-refractivity contribution in [2.45, 2.75) is 64.5 Å². The molecule has 0 saturated carbocycles.